The molecule has 3 aromatic rings. The molecule has 27 heavy (non-hydrogen) atoms. The molecule has 0 spiro atoms. The molecule has 1 heterocycles. The van der Waals surface area contributed by atoms with Crippen molar-refractivity contribution in [3.63, 3.8) is 0 Å². The van der Waals surface area contributed by atoms with Gasteiger partial charge in [-0.05, 0) is 36.2 Å². The zero-order valence-electron chi connectivity index (χ0n) is 15.5. The minimum absolute atomic E-state index is 0.00489. The van der Waals surface area contributed by atoms with Crippen molar-refractivity contribution >= 4 is 11.6 Å². The number of hydrogen-bond acceptors (Lipinski definition) is 4. The summed E-state index contributed by atoms with van der Waals surface area (Å²) < 4.78 is 11.1. The number of rotatable bonds is 8. The summed E-state index contributed by atoms with van der Waals surface area (Å²) in [5.41, 5.74) is 2.67. The number of methoxy groups -OCH3 is 1. The van der Waals surface area contributed by atoms with E-state index >= 15 is 0 Å². The minimum Gasteiger partial charge on any atom is -0.497 e. The smallest absolute Gasteiger partial charge is 0.170 e. The van der Waals surface area contributed by atoms with Gasteiger partial charge in [0.05, 0.1) is 20.0 Å². The number of furan rings is 1. The summed E-state index contributed by atoms with van der Waals surface area (Å²) in [7, 11) is 1.63. The number of ether oxygens (including phenoxy) is 1. The Morgan fingerprint density at radius 2 is 1.67 bits per heavy atom. The highest BCUT2D eigenvalue weighted by atomic mass is 16.5. The zero-order valence-corrected chi connectivity index (χ0v) is 15.5. The van der Waals surface area contributed by atoms with E-state index in [0.29, 0.717) is 23.5 Å². The van der Waals surface area contributed by atoms with E-state index in [0.717, 1.165) is 16.9 Å². The first-order valence-corrected chi connectivity index (χ1v) is 8.86. The molecule has 4 nitrogen and oxygen atoms in total. The summed E-state index contributed by atoms with van der Waals surface area (Å²) in [4.78, 5) is 24.1. The molecule has 0 aliphatic heterocycles. The number of Topliss-reactive ketones (excluding diaryl/α,β-unsaturated/α-hetero) is 2. The molecule has 1 aromatic heterocycles. The fraction of sp³-hybridized carbons (Fsp3) is 0.217. The van der Waals surface area contributed by atoms with Gasteiger partial charge in [-0.2, -0.15) is 0 Å². The van der Waals surface area contributed by atoms with Gasteiger partial charge in [-0.15, -0.1) is 0 Å². The molecule has 0 aliphatic carbocycles. The molecular formula is C23H22O4. The van der Waals surface area contributed by atoms with Crippen LogP contribution in [0.15, 0.2) is 65.1 Å². The van der Waals surface area contributed by atoms with Crippen LogP contribution >= 0.6 is 0 Å². The maximum Gasteiger partial charge on any atom is 0.170 e. The Balaban J connectivity index is 1.81. The molecule has 138 valence electrons. The molecule has 0 fully saturated rings. The number of hydrogen-bond donors (Lipinski definition) is 0. The third kappa shape index (κ3) is 4.94. The molecule has 0 atom stereocenters. The fourth-order valence-corrected chi connectivity index (χ4v) is 2.99. The Morgan fingerprint density at radius 3 is 2.30 bits per heavy atom. The minimum atomic E-state index is -0.00489. The van der Waals surface area contributed by atoms with Gasteiger partial charge in [0.15, 0.2) is 5.78 Å². The van der Waals surface area contributed by atoms with Crippen LogP contribution in [-0.4, -0.2) is 18.7 Å². The Morgan fingerprint density at radius 1 is 0.963 bits per heavy atom. The van der Waals surface area contributed by atoms with Crippen LogP contribution in [0.5, 0.6) is 5.75 Å². The average molecular weight is 362 g/mol. The second kappa shape index (κ2) is 8.49. The second-order valence-corrected chi connectivity index (χ2v) is 6.53. The van der Waals surface area contributed by atoms with Gasteiger partial charge in [0.1, 0.15) is 23.1 Å². The molecule has 3 rings (SSSR count). The lowest BCUT2D eigenvalue weighted by Crippen LogP contribution is -2.02. The molecule has 0 amide bonds. The van der Waals surface area contributed by atoms with Gasteiger partial charge < -0.3 is 9.15 Å². The average Bonchev–Trinajstić information content (AvgIpc) is 3.03. The summed E-state index contributed by atoms with van der Waals surface area (Å²) in [5, 5.41) is 0. The number of carbonyl (C=O) groups excluding carboxylic acids is 2. The highest BCUT2D eigenvalue weighted by Gasteiger charge is 2.16. The van der Waals surface area contributed by atoms with Crippen molar-refractivity contribution in [1.82, 2.24) is 0 Å². The van der Waals surface area contributed by atoms with Gasteiger partial charge >= 0.3 is 0 Å². The Labute approximate surface area is 158 Å². The highest BCUT2D eigenvalue weighted by Crippen LogP contribution is 2.23. The van der Waals surface area contributed by atoms with E-state index < -0.39 is 0 Å². The Bertz CT molecular complexity index is 921. The summed E-state index contributed by atoms with van der Waals surface area (Å²) in [6.07, 6.45) is 1.04. The van der Waals surface area contributed by atoms with Crippen LogP contribution in [0.25, 0.3) is 0 Å². The second-order valence-electron chi connectivity index (χ2n) is 6.53. The van der Waals surface area contributed by atoms with Crippen molar-refractivity contribution in [2.75, 3.05) is 7.11 Å². The molecule has 0 N–H and O–H groups in total. The molecule has 4 heteroatoms. The molecule has 0 bridgehead atoms. The van der Waals surface area contributed by atoms with Gasteiger partial charge in [0, 0.05) is 12.0 Å². The van der Waals surface area contributed by atoms with Crippen molar-refractivity contribution in [2.45, 2.75) is 26.2 Å². The molecule has 0 radical (unpaired) electrons. The van der Waals surface area contributed by atoms with Crippen LogP contribution in [0.4, 0.5) is 0 Å². The predicted octanol–water partition coefficient (Wildman–Crippen LogP) is 4.44. The molecular weight excluding hydrogens is 340 g/mol. The van der Waals surface area contributed by atoms with Crippen molar-refractivity contribution in [3.8, 4) is 5.75 Å². The van der Waals surface area contributed by atoms with Gasteiger partial charge in [0.2, 0.25) is 0 Å². The van der Waals surface area contributed by atoms with Gasteiger partial charge in [-0.3, -0.25) is 9.59 Å². The summed E-state index contributed by atoms with van der Waals surface area (Å²) >= 11 is 0. The van der Waals surface area contributed by atoms with Crippen LogP contribution in [0, 0.1) is 0 Å². The first kappa shape index (κ1) is 18.6. The predicted molar refractivity (Wildman–Crippen MR) is 103 cm³/mol. The van der Waals surface area contributed by atoms with Crippen LogP contribution in [0.2, 0.25) is 0 Å². The fourth-order valence-electron chi connectivity index (χ4n) is 2.99. The zero-order chi connectivity index (χ0) is 19.2. The molecule has 2 aromatic carbocycles. The number of carbonyl (C=O) groups is 2. The lowest BCUT2D eigenvalue weighted by molar-refractivity contribution is -0.116. The van der Waals surface area contributed by atoms with E-state index in [2.05, 4.69) is 0 Å². The van der Waals surface area contributed by atoms with Crippen molar-refractivity contribution in [2.24, 2.45) is 0 Å². The van der Waals surface area contributed by atoms with Gasteiger partial charge in [-0.1, -0.05) is 42.5 Å². The standard InChI is InChI=1S/C23H22O4/c1-16(24)12-23-19(13-17-8-10-20(26-2)11-9-17)14-21(27-23)15-22(25)18-6-4-3-5-7-18/h3-11,14H,12-13,15H2,1-2H3. The third-order valence-electron chi connectivity index (χ3n) is 4.34. The highest BCUT2D eigenvalue weighted by molar-refractivity contribution is 5.97. The van der Waals surface area contributed by atoms with Crippen LogP contribution in [-0.2, 0) is 24.1 Å². The van der Waals surface area contributed by atoms with Crippen molar-refractivity contribution < 1.29 is 18.7 Å². The maximum atomic E-state index is 12.4. The first-order valence-electron chi connectivity index (χ1n) is 8.86. The van der Waals surface area contributed by atoms with Gasteiger partial charge in [-0.25, -0.2) is 0 Å². The lowest BCUT2D eigenvalue weighted by atomic mass is 10.0. The van der Waals surface area contributed by atoms with E-state index in [1.54, 1.807) is 19.2 Å². The Hall–Kier alpha value is -3.14. The molecule has 0 aliphatic rings. The van der Waals surface area contributed by atoms with E-state index in [9.17, 15) is 9.59 Å². The van der Waals surface area contributed by atoms with E-state index in [1.807, 2.05) is 48.5 Å². The quantitative estimate of drug-likeness (QED) is 0.556. The largest absolute Gasteiger partial charge is 0.497 e. The SMILES string of the molecule is COc1ccc(Cc2cc(CC(=O)c3ccccc3)oc2CC(C)=O)cc1. The summed E-state index contributed by atoms with van der Waals surface area (Å²) in [6.45, 7) is 1.54. The van der Waals surface area contributed by atoms with E-state index in [-0.39, 0.29) is 24.4 Å². The maximum absolute atomic E-state index is 12.4. The van der Waals surface area contributed by atoms with Crippen molar-refractivity contribution in [1.29, 1.82) is 0 Å². The monoisotopic (exact) mass is 362 g/mol. The molecule has 0 saturated carbocycles. The Kier molecular flexibility index (Phi) is 5.87. The molecule has 0 saturated heterocycles. The van der Waals surface area contributed by atoms with Crippen molar-refractivity contribution in [3.05, 3.63) is 88.9 Å². The summed E-state index contributed by atoms with van der Waals surface area (Å²) in [5.74, 6) is 2.04. The molecule has 0 unspecified atom stereocenters. The number of ketones is 2. The lowest BCUT2D eigenvalue weighted by Gasteiger charge is -2.03. The van der Waals surface area contributed by atoms with Crippen LogP contribution in [0.1, 0.15) is 39.9 Å². The van der Waals surface area contributed by atoms with E-state index in [1.165, 1.54) is 6.92 Å². The topological polar surface area (TPSA) is 56.5 Å². The first-order chi connectivity index (χ1) is 13.0. The van der Waals surface area contributed by atoms with E-state index in [4.69, 9.17) is 9.15 Å². The van der Waals surface area contributed by atoms with Crippen LogP contribution in [0.3, 0.4) is 0 Å². The van der Waals surface area contributed by atoms with Gasteiger partial charge in [0.25, 0.3) is 0 Å². The normalized spacial score (nSPS) is 10.6. The third-order valence-corrected chi connectivity index (χ3v) is 4.34. The number of benzene rings is 2. The van der Waals surface area contributed by atoms with Crippen LogP contribution < -0.4 is 4.74 Å². The summed E-state index contributed by atoms with van der Waals surface area (Å²) in [6, 6.07) is 18.8.